The molecule has 4 heterocycles. The van der Waals surface area contributed by atoms with Crippen LogP contribution < -0.4 is 0 Å². The molecule has 1 fully saturated rings. The summed E-state index contributed by atoms with van der Waals surface area (Å²) in [6.07, 6.45) is 7.67. The van der Waals surface area contributed by atoms with E-state index in [0.29, 0.717) is 19.6 Å². The molecule has 0 saturated carbocycles. The molecule has 1 saturated heterocycles. The Morgan fingerprint density at radius 1 is 1.16 bits per heavy atom. The Hall–Kier alpha value is -2.28. The number of pyridine rings is 1. The van der Waals surface area contributed by atoms with Gasteiger partial charge in [-0.2, -0.15) is 0 Å². The van der Waals surface area contributed by atoms with Crippen molar-refractivity contribution in [3.05, 3.63) is 42.1 Å². The molecule has 0 aromatic carbocycles. The zero-order valence-electron chi connectivity index (χ0n) is 15.6. The Bertz CT molecular complexity index is 788. The average molecular weight is 346 g/mol. The molecule has 6 nitrogen and oxygen atoms in total. The van der Waals surface area contributed by atoms with Gasteiger partial charge in [0.05, 0.1) is 37.4 Å². The third-order valence-corrected chi connectivity index (χ3v) is 3.96. The minimum absolute atomic E-state index is 0.101. The highest BCUT2D eigenvalue weighted by Crippen LogP contribution is 2.22. The Balaban J connectivity index is 0.000000528. The maximum absolute atomic E-state index is 12.7. The van der Waals surface area contributed by atoms with Gasteiger partial charge >= 0.3 is 0 Å². The van der Waals surface area contributed by atoms with Crippen molar-refractivity contribution in [3.8, 4) is 0 Å². The van der Waals surface area contributed by atoms with Crippen molar-refractivity contribution in [2.45, 2.75) is 47.2 Å². The lowest BCUT2D eigenvalue weighted by molar-refractivity contribution is -0.0746. The van der Waals surface area contributed by atoms with Gasteiger partial charge in [0, 0.05) is 24.0 Å². The molecule has 0 spiro atoms. The van der Waals surface area contributed by atoms with Crippen molar-refractivity contribution < 1.29 is 4.48 Å². The maximum atomic E-state index is 12.7. The van der Waals surface area contributed by atoms with Crippen molar-refractivity contribution >= 4 is 10.9 Å². The molecule has 7 heteroatoms. The highest BCUT2D eigenvalue weighted by Gasteiger charge is 2.29. The van der Waals surface area contributed by atoms with Crippen molar-refractivity contribution in [3.63, 3.8) is 0 Å². The summed E-state index contributed by atoms with van der Waals surface area (Å²) >= 11 is 0. The second kappa shape index (κ2) is 8.71. The lowest BCUT2D eigenvalue weighted by Gasteiger charge is -2.31. The fraction of sp³-hybridized carbons (Fsp3) is 0.500. The highest BCUT2D eigenvalue weighted by atomic mass is 19.2. The van der Waals surface area contributed by atoms with Gasteiger partial charge < -0.3 is 4.57 Å². The topological polar surface area (TPSA) is 51.8 Å². The molecule has 4 rings (SSSR count). The quantitative estimate of drug-likeness (QED) is 0.677. The molecular weight excluding hydrogens is 319 g/mol. The second-order valence-electron chi connectivity index (χ2n) is 5.50. The van der Waals surface area contributed by atoms with E-state index in [0.717, 1.165) is 21.7 Å². The number of rotatable bonds is 3. The van der Waals surface area contributed by atoms with Crippen LogP contribution in [-0.2, 0) is 6.54 Å². The Labute approximate surface area is 148 Å². The van der Waals surface area contributed by atoms with Gasteiger partial charge in [-0.25, -0.2) is 4.68 Å². The summed E-state index contributed by atoms with van der Waals surface area (Å²) in [7, 11) is 0. The number of aromatic nitrogens is 5. The third kappa shape index (κ3) is 4.04. The molecule has 0 radical (unpaired) electrons. The van der Waals surface area contributed by atoms with E-state index < -0.39 is 0 Å². The van der Waals surface area contributed by atoms with E-state index in [1.807, 2.05) is 46.2 Å². The first-order valence-corrected chi connectivity index (χ1v) is 8.91. The monoisotopic (exact) mass is 346 g/mol. The van der Waals surface area contributed by atoms with Crippen molar-refractivity contribution in [1.29, 1.82) is 0 Å². The smallest absolute Gasteiger partial charge is 0.102 e. The molecule has 0 N–H and O–H groups in total. The number of fused-ring (bicyclic) bond motifs is 1. The molecule has 3 aromatic rings. The minimum Gasteiger partial charge on any atom is -0.341 e. The van der Waals surface area contributed by atoms with Crippen molar-refractivity contribution in [2.75, 3.05) is 13.1 Å². The van der Waals surface area contributed by atoms with Gasteiger partial charge in [0.15, 0.2) is 0 Å². The first-order valence-electron chi connectivity index (χ1n) is 8.91. The molecule has 3 aromatic heterocycles. The highest BCUT2D eigenvalue weighted by molar-refractivity contribution is 5.82. The van der Waals surface area contributed by atoms with Crippen LogP contribution in [-0.4, -0.2) is 42.8 Å². The normalized spacial score (nSPS) is 14.3. The molecule has 0 atom stereocenters. The van der Waals surface area contributed by atoms with E-state index in [1.165, 1.54) is 5.56 Å². The van der Waals surface area contributed by atoms with Crippen LogP contribution in [0, 0.1) is 6.92 Å². The van der Waals surface area contributed by atoms with Crippen LogP contribution in [0.4, 0.5) is 4.48 Å². The summed E-state index contributed by atoms with van der Waals surface area (Å²) in [6.45, 7) is 11.5. The molecule has 0 unspecified atom stereocenters. The number of halogens is 1. The Kier molecular flexibility index (Phi) is 6.64. The molecule has 25 heavy (non-hydrogen) atoms. The van der Waals surface area contributed by atoms with Crippen LogP contribution >= 0.6 is 0 Å². The summed E-state index contributed by atoms with van der Waals surface area (Å²) in [5.41, 5.74) is 3.20. The summed E-state index contributed by atoms with van der Waals surface area (Å²) in [6, 6.07) is 2.10. The maximum Gasteiger partial charge on any atom is 0.102 e. The fourth-order valence-electron chi connectivity index (χ4n) is 2.76. The first kappa shape index (κ1) is 19.1. The standard InChI is InChI=1S/C14H15FN6.2C2H6/c1-10-5-19(14-2-3-16-4-13(10)14)6-11-7-21(18-17-11)12-8-20(15)9-12;2*1-2/h2-5,7,12H,6,8-9H2,1H3;2*1-2H3. The molecule has 1 aliphatic rings. The lowest BCUT2D eigenvalue weighted by Crippen LogP contribution is -2.42. The molecule has 0 aliphatic carbocycles. The molecule has 1 aliphatic heterocycles. The lowest BCUT2D eigenvalue weighted by atomic mass is 10.2. The summed E-state index contributed by atoms with van der Waals surface area (Å²) in [4.78, 5) is 4.16. The van der Waals surface area contributed by atoms with Crippen LogP contribution in [0.15, 0.2) is 30.9 Å². The second-order valence-corrected chi connectivity index (χ2v) is 5.50. The van der Waals surface area contributed by atoms with Gasteiger partial charge in [-0.1, -0.05) is 32.9 Å². The van der Waals surface area contributed by atoms with Gasteiger partial charge in [0.2, 0.25) is 0 Å². The van der Waals surface area contributed by atoms with E-state index in [2.05, 4.69) is 33.0 Å². The van der Waals surface area contributed by atoms with Crippen LogP contribution in [0.1, 0.15) is 45.0 Å². The number of hydrogen-bond acceptors (Lipinski definition) is 4. The summed E-state index contributed by atoms with van der Waals surface area (Å²) in [5, 5.41) is 10.2. The molecular formula is C18H27FN6. The van der Waals surface area contributed by atoms with E-state index in [9.17, 15) is 4.48 Å². The summed E-state index contributed by atoms with van der Waals surface area (Å²) < 4.78 is 16.6. The van der Waals surface area contributed by atoms with Gasteiger partial charge in [-0.15, -0.1) is 14.7 Å². The SMILES string of the molecule is CC.CC.Cc1cn(Cc2cn(C3CN(F)C3)nn2)c2ccncc12. The Morgan fingerprint density at radius 2 is 1.88 bits per heavy atom. The predicted octanol–water partition coefficient (Wildman–Crippen LogP) is 3.78. The zero-order valence-corrected chi connectivity index (χ0v) is 15.6. The van der Waals surface area contributed by atoms with Crippen LogP contribution in [0.3, 0.4) is 0 Å². The van der Waals surface area contributed by atoms with Gasteiger partial charge in [0.1, 0.15) is 5.69 Å². The van der Waals surface area contributed by atoms with E-state index in [4.69, 9.17) is 0 Å². The molecule has 0 bridgehead atoms. The van der Waals surface area contributed by atoms with Gasteiger partial charge in [-0.05, 0) is 18.6 Å². The van der Waals surface area contributed by atoms with E-state index >= 15 is 0 Å². The predicted molar refractivity (Wildman–Crippen MR) is 98.0 cm³/mol. The average Bonchev–Trinajstić information content (AvgIpc) is 3.21. The third-order valence-electron chi connectivity index (χ3n) is 3.96. The van der Waals surface area contributed by atoms with Crippen molar-refractivity contribution in [2.24, 2.45) is 0 Å². The minimum atomic E-state index is 0.101. The first-order chi connectivity index (χ1) is 12.2. The van der Waals surface area contributed by atoms with Gasteiger partial charge in [0.25, 0.3) is 0 Å². The van der Waals surface area contributed by atoms with Crippen LogP contribution in [0.25, 0.3) is 10.9 Å². The number of hydrogen-bond donors (Lipinski definition) is 0. The molecule has 0 amide bonds. The van der Waals surface area contributed by atoms with Crippen molar-refractivity contribution in [1.82, 2.24) is 29.7 Å². The Morgan fingerprint density at radius 3 is 2.56 bits per heavy atom. The number of aryl methyl sites for hydroxylation is 1. The van der Waals surface area contributed by atoms with E-state index in [-0.39, 0.29) is 6.04 Å². The fourth-order valence-corrected chi connectivity index (χ4v) is 2.76. The number of nitrogens with zero attached hydrogens (tertiary/aromatic N) is 6. The largest absolute Gasteiger partial charge is 0.341 e. The van der Waals surface area contributed by atoms with E-state index in [1.54, 1.807) is 10.9 Å². The zero-order chi connectivity index (χ0) is 18.4. The van der Waals surface area contributed by atoms with Crippen LogP contribution in [0.2, 0.25) is 0 Å². The summed E-state index contributed by atoms with van der Waals surface area (Å²) in [5.74, 6) is 0. The van der Waals surface area contributed by atoms with Crippen LogP contribution in [0.5, 0.6) is 0 Å². The molecule has 136 valence electrons. The van der Waals surface area contributed by atoms with Gasteiger partial charge in [-0.3, -0.25) is 4.98 Å².